The lowest BCUT2D eigenvalue weighted by Crippen LogP contribution is -2.31. The molecule has 21 heavy (non-hydrogen) atoms. The number of hydrogen-bond donors (Lipinski definition) is 0. The highest BCUT2D eigenvalue weighted by Crippen LogP contribution is 2.20. The molecule has 4 nitrogen and oxygen atoms in total. The van der Waals surface area contributed by atoms with Gasteiger partial charge in [0.15, 0.2) is 0 Å². The first-order valence-corrected chi connectivity index (χ1v) is 7.43. The lowest BCUT2D eigenvalue weighted by molar-refractivity contribution is 0.00966. The minimum atomic E-state index is -2.59. The summed E-state index contributed by atoms with van der Waals surface area (Å²) < 4.78 is 31.0. The highest BCUT2D eigenvalue weighted by molar-refractivity contribution is 6.46. The Morgan fingerprint density at radius 2 is 2.14 bits per heavy atom. The van der Waals surface area contributed by atoms with Gasteiger partial charge < -0.3 is 9.64 Å². The molecule has 0 aliphatic carbocycles. The van der Waals surface area contributed by atoms with Gasteiger partial charge in [-0.3, -0.25) is 4.99 Å². The van der Waals surface area contributed by atoms with Gasteiger partial charge in [0.1, 0.15) is 12.4 Å². The lowest BCUT2D eigenvalue weighted by Gasteiger charge is -2.23. The third kappa shape index (κ3) is 5.19. The molecule has 0 aromatic carbocycles. The second-order valence-electron chi connectivity index (χ2n) is 5.74. The number of hydrogen-bond acceptors (Lipinski definition) is 4. The maximum atomic E-state index is 12.7. The number of halogens is 2. The van der Waals surface area contributed by atoms with Crippen molar-refractivity contribution >= 4 is 11.6 Å². The Bertz CT molecular complexity index is 452. The zero-order valence-corrected chi connectivity index (χ0v) is 12.7. The van der Waals surface area contributed by atoms with E-state index >= 15 is 0 Å². The number of nitrogens with zero attached hydrogens (tertiary/aromatic N) is 3. The monoisotopic (exact) mass is 299 g/mol. The molecule has 0 amide bonds. The predicted molar refractivity (Wildman–Crippen MR) is 80.4 cm³/mol. The molecule has 0 saturated heterocycles. The standard InChI is InChI=1S/C15H23F2N3O/c1-15(16,17)7-3-4-9-21-14-13(18-11-19-14)12-6-5-8-20(2)10-12/h6H,3-5,7-11H2,1-2H3. The molecule has 0 fully saturated rings. The molecule has 0 atom stereocenters. The molecule has 2 rings (SSSR count). The Balaban J connectivity index is 1.76. The van der Waals surface area contributed by atoms with E-state index in [1.807, 2.05) is 0 Å². The average Bonchev–Trinajstić information content (AvgIpc) is 2.85. The van der Waals surface area contributed by atoms with Gasteiger partial charge in [0.2, 0.25) is 11.8 Å². The second kappa shape index (κ2) is 7.11. The van der Waals surface area contributed by atoms with Gasteiger partial charge in [-0.25, -0.2) is 13.8 Å². The molecule has 0 unspecified atom stereocenters. The SMILES string of the molecule is CN1CCC=C(C2=NCN=C2OCCCCC(C)(F)F)C1. The number of ether oxygens (including phenoxy) is 1. The van der Waals surface area contributed by atoms with E-state index in [1.54, 1.807) is 0 Å². The maximum Gasteiger partial charge on any atom is 0.245 e. The van der Waals surface area contributed by atoms with Crippen molar-refractivity contribution in [2.24, 2.45) is 9.98 Å². The minimum absolute atomic E-state index is 0.0975. The number of alkyl halides is 2. The fourth-order valence-corrected chi connectivity index (χ4v) is 2.44. The molecule has 0 saturated carbocycles. The van der Waals surface area contributed by atoms with Crippen LogP contribution in [0.3, 0.4) is 0 Å². The van der Waals surface area contributed by atoms with Crippen LogP contribution in [0.4, 0.5) is 8.78 Å². The summed E-state index contributed by atoms with van der Waals surface area (Å²) in [6, 6.07) is 0. The Kier molecular flexibility index (Phi) is 5.45. The van der Waals surface area contributed by atoms with Crippen molar-refractivity contribution in [1.29, 1.82) is 0 Å². The third-order valence-corrected chi connectivity index (χ3v) is 3.54. The van der Waals surface area contributed by atoms with E-state index in [9.17, 15) is 8.78 Å². The lowest BCUT2D eigenvalue weighted by atomic mass is 10.1. The summed E-state index contributed by atoms with van der Waals surface area (Å²) in [7, 11) is 2.07. The molecule has 2 aliphatic heterocycles. The van der Waals surface area contributed by atoms with Crippen molar-refractivity contribution in [3.8, 4) is 0 Å². The van der Waals surface area contributed by atoms with Crippen LogP contribution in [0.5, 0.6) is 0 Å². The third-order valence-electron chi connectivity index (χ3n) is 3.54. The molecular formula is C15H23F2N3O. The highest BCUT2D eigenvalue weighted by Gasteiger charge is 2.23. The van der Waals surface area contributed by atoms with Gasteiger partial charge in [-0.15, -0.1) is 0 Å². The van der Waals surface area contributed by atoms with Crippen molar-refractivity contribution in [3.63, 3.8) is 0 Å². The summed E-state index contributed by atoms with van der Waals surface area (Å²) in [5.74, 6) is -2.02. The van der Waals surface area contributed by atoms with Crippen LogP contribution >= 0.6 is 0 Å². The molecule has 118 valence electrons. The van der Waals surface area contributed by atoms with E-state index in [1.165, 1.54) is 0 Å². The van der Waals surface area contributed by atoms with Crippen LogP contribution in [0.15, 0.2) is 21.6 Å². The van der Waals surface area contributed by atoms with Crippen LogP contribution in [0.1, 0.15) is 32.6 Å². The van der Waals surface area contributed by atoms with Crippen LogP contribution in [0.25, 0.3) is 0 Å². The molecule has 6 heteroatoms. The Hall–Kier alpha value is -1.30. The molecule has 2 heterocycles. The molecule has 0 bridgehead atoms. The van der Waals surface area contributed by atoms with Crippen LogP contribution in [-0.2, 0) is 4.74 Å². The number of unbranched alkanes of at least 4 members (excludes halogenated alkanes) is 1. The maximum absolute atomic E-state index is 12.7. The molecule has 0 aromatic rings. The summed E-state index contributed by atoms with van der Waals surface area (Å²) in [4.78, 5) is 10.9. The normalized spacial score (nSPS) is 20.1. The van der Waals surface area contributed by atoms with Crippen molar-refractivity contribution < 1.29 is 13.5 Å². The molecule has 0 radical (unpaired) electrons. The van der Waals surface area contributed by atoms with Gasteiger partial charge in [0, 0.05) is 19.5 Å². The molecule has 0 spiro atoms. The molecule has 2 aliphatic rings. The van der Waals surface area contributed by atoms with Crippen molar-refractivity contribution in [2.45, 2.75) is 38.5 Å². The van der Waals surface area contributed by atoms with Crippen LogP contribution in [0.2, 0.25) is 0 Å². The van der Waals surface area contributed by atoms with Crippen molar-refractivity contribution in [3.05, 3.63) is 11.6 Å². The van der Waals surface area contributed by atoms with E-state index in [2.05, 4.69) is 28.0 Å². The zero-order chi connectivity index (χ0) is 15.3. The highest BCUT2D eigenvalue weighted by atomic mass is 19.3. The Morgan fingerprint density at radius 3 is 2.86 bits per heavy atom. The van der Waals surface area contributed by atoms with Gasteiger partial charge in [0.25, 0.3) is 0 Å². The van der Waals surface area contributed by atoms with Gasteiger partial charge in [0.05, 0.1) is 6.61 Å². The topological polar surface area (TPSA) is 37.2 Å². The smallest absolute Gasteiger partial charge is 0.245 e. The Labute approximate surface area is 124 Å². The van der Waals surface area contributed by atoms with E-state index in [-0.39, 0.29) is 6.42 Å². The average molecular weight is 299 g/mol. The summed E-state index contributed by atoms with van der Waals surface area (Å²) in [5.41, 5.74) is 1.99. The van der Waals surface area contributed by atoms with Crippen molar-refractivity contribution in [1.82, 2.24) is 4.90 Å². The second-order valence-corrected chi connectivity index (χ2v) is 5.74. The first-order valence-electron chi connectivity index (χ1n) is 7.43. The number of likely N-dealkylation sites (N-methyl/N-ethyl adjacent to an activating group) is 1. The van der Waals surface area contributed by atoms with Gasteiger partial charge >= 0.3 is 0 Å². The summed E-state index contributed by atoms with van der Waals surface area (Å²) in [6.45, 7) is 3.67. The van der Waals surface area contributed by atoms with E-state index < -0.39 is 5.92 Å². The summed E-state index contributed by atoms with van der Waals surface area (Å²) in [6.07, 6.45) is 4.15. The van der Waals surface area contributed by atoms with Crippen LogP contribution in [-0.4, -0.2) is 55.8 Å². The Morgan fingerprint density at radius 1 is 1.33 bits per heavy atom. The minimum Gasteiger partial charge on any atom is -0.476 e. The summed E-state index contributed by atoms with van der Waals surface area (Å²) in [5, 5.41) is 0. The van der Waals surface area contributed by atoms with Gasteiger partial charge in [-0.1, -0.05) is 6.08 Å². The van der Waals surface area contributed by atoms with Gasteiger partial charge in [-0.05, 0) is 38.8 Å². The largest absolute Gasteiger partial charge is 0.476 e. The van der Waals surface area contributed by atoms with Crippen LogP contribution in [0, 0.1) is 0 Å². The van der Waals surface area contributed by atoms with Gasteiger partial charge in [-0.2, -0.15) is 0 Å². The fourth-order valence-electron chi connectivity index (χ4n) is 2.44. The van der Waals surface area contributed by atoms with E-state index in [4.69, 9.17) is 4.74 Å². The first kappa shape index (κ1) is 16.1. The fraction of sp³-hybridized carbons (Fsp3) is 0.733. The van der Waals surface area contributed by atoms with E-state index in [0.29, 0.717) is 32.0 Å². The molecular weight excluding hydrogens is 276 g/mol. The van der Waals surface area contributed by atoms with E-state index in [0.717, 1.165) is 37.7 Å². The quantitative estimate of drug-likeness (QED) is 0.707. The predicted octanol–water partition coefficient (Wildman–Crippen LogP) is 2.90. The molecule has 0 N–H and O–H groups in total. The zero-order valence-electron chi connectivity index (χ0n) is 12.7. The summed E-state index contributed by atoms with van der Waals surface area (Å²) >= 11 is 0. The van der Waals surface area contributed by atoms with Crippen LogP contribution < -0.4 is 0 Å². The molecule has 0 aromatic heterocycles. The number of aliphatic imine (C=N–C) groups is 2. The first-order chi connectivity index (χ1) is 9.96. The number of rotatable bonds is 6. The van der Waals surface area contributed by atoms with Crippen molar-refractivity contribution in [2.75, 3.05) is 33.4 Å².